The largest absolute Gasteiger partial charge is 0.397 e. The highest BCUT2D eigenvalue weighted by Crippen LogP contribution is 2.21. The number of anilines is 2. The maximum absolute atomic E-state index is 10.8. The Morgan fingerprint density at radius 3 is 2.79 bits per heavy atom. The summed E-state index contributed by atoms with van der Waals surface area (Å²) in [6, 6.07) is 8.54. The average Bonchev–Trinajstić information content (AvgIpc) is 2.39. The van der Waals surface area contributed by atoms with Gasteiger partial charge in [0.2, 0.25) is 0 Å². The minimum absolute atomic E-state index is 0.129. The molecule has 0 bridgehead atoms. The number of aromatic nitrogens is 1. The Morgan fingerprint density at radius 1 is 1.37 bits per heavy atom. The van der Waals surface area contributed by atoms with Crippen molar-refractivity contribution < 1.29 is 4.92 Å². The summed E-state index contributed by atoms with van der Waals surface area (Å²) < 4.78 is 0. The number of nitrogen functional groups attached to an aromatic ring is 1. The Hall–Kier alpha value is -2.63. The second kappa shape index (κ2) is 5.34. The zero-order valence-corrected chi connectivity index (χ0v) is 10.5. The van der Waals surface area contributed by atoms with Crippen molar-refractivity contribution in [2.24, 2.45) is 0 Å². The van der Waals surface area contributed by atoms with Crippen LogP contribution in [0.2, 0.25) is 0 Å². The van der Waals surface area contributed by atoms with Gasteiger partial charge in [0.05, 0.1) is 16.8 Å². The molecule has 98 valence electrons. The van der Waals surface area contributed by atoms with Gasteiger partial charge in [0.1, 0.15) is 5.82 Å². The van der Waals surface area contributed by atoms with Gasteiger partial charge in [0.15, 0.2) is 0 Å². The molecular weight excluding hydrogens is 244 g/mol. The number of hydrogen-bond acceptors (Lipinski definition) is 5. The number of nitro groups is 1. The van der Waals surface area contributed by atoms with Crippen LogP contribution in [-0.2, 0) is 6.54 Å². The molecule has 0 aliphatic rings. The molecular formula is C13H14N4O2. The number of nitrogens with one attached hydrogen (secondary N) is 1. The molecule has 2 aromatic rings. The topological polar surface area (TPSA) is 94.1 Å². The Labute approximate surface area is 110 Å². The Bertz CT molecular complexity index is 596. The Kier molecular flexibility index (Phi) is 3.61. The van der Waals surface area contributed by atoms with E-state index in [4.69, 9.17) is 5.73 Å². The monoisotopic (exact) mass is 258 g/mol. The lowest BCUT2D eigenvalue weighted by atomic mass is 10.1. The number of nitro benzene ring substituents is 1. The third kappa shape index (κ3) is 2.98. The smallest absolute Gasteiger partial charge is 0.272 e. The van der Waals surface area contributed by atoms with Crippen molar-refractivity contribution in [3.63, 3.8) is 0 Å². The Morgan fingerprint density at radius 2 is 2.16 bits per heavy atom. The van der Waals surface area contributed by atoms with E-state index in [1.807, 2.05) is 6.07 Å². The molecule has 0 radical (unpaired) electrons. The van der Waals surface area contributed by atoms with Crippen LogP contribution in [0.3, 0.4) is 0 Å². The first-order chi connectivity index (χ1) is 9.08. The summed E-state index contributed by atoms with van der Waals surface area (Å²) >= 11 is 0. The lowest BCUT2D eigenvalue weighted by Crippen LogP contribution is -2.04. The van der Waals surface area contributed by atoms with Crippen LogP contribution in [0.1, 0.15) is 11.1 Å². The molecule has 0 atom stereocenters. The van der Waals surface area contributed by atoms with Gasteiger partial charge in [-0.3, -0.25) is 10.1 Å². The summed E-state index contributed by atoms with van der Waals surface area (Å²) in [5.74, 6) is 0.681. The van der Waals surface area contributed by atoms with Crippen molar-refractivity contribution in [2.45, 2.75) is 13.5 Å². The van der Waals surface area contributed by atoms with Gasteiger partial charge in [-0.05, 0) is 24.6 Å². The predicted octanol–water partition coefficient (Wildman–Crippen LogP) is 2.49. The van der Waals surface area contributed by atoms with Gasteiger partial charge in [0.25, 0.3) is 5.69 Å². The molecule has 0 unspecified atom stereocenters. The SMILES string of the molecule is Cc1c(CNc2ccc(N)cn2)cccc1[N+](=O)[O-]. The normalized spacial score (nSPS) is 10.2. The molecule has 0 spiro atoms. The fourth-order valence-corrected chi connectivity index (χ4v) is 1.75. The molecule has 3 N–H and O–H groups in total. The highest BCUT2D eigenvalue weighted by atomic mass is 16.6. The van der Waals surface area contributed by atoms with Gasteiger partial charge in [-0.15, -0.1) is 0 Å². The van der Waals surface area contributed by atoms with E-state index in [9.17, 15) is 10.1 Å². The molecule has 6 heteroatoms. The van der Waals surface area contributed by atoms with E-state index in [0.29, 0.717) is 23.6 Å². The summed E-state index contributed by atoms with van der Waals surface area (Å²) in [5, 5.41) is 14.0. The molecule has 1 aromatic carbocycles. The summed E-state index contributed by atoms with van der Waals surface area (Å²) in [4.78, 5) is 14.6. The standard InChI is InChI=1S/C13H14N4O2/c1-9-10(3-2-4-12(9)17(18)19)7-15-13-6-5-11(14)8-16-13/h2-6,8H,7,14H2,1H3,(H,15,16). The van der Waals surface area contributed by atoms with E-state index in [1.165, 1.54) is 6.07 Å². The molecule has 1 heterocycles. The molecule has 2 rings (SSSR count). The molecule has 0 saturated heterocycles. The van der Waals surface area contributed by atoms with E-state index >= 15 is 0 Å². The van der Waals surface area contributed by atoms with E-state index in [-0.39, 0.29) is 10.6 Å². The fraction of sp³-hybridized carbons (Fsp3) is 0.154. The molecule has 0 fully saturated rings. The van der Waals surface area contributed by atoms with Crippen molar-refractivity contribution >= 4 is 17.2 Å². The summed E-state index contributed by atoms with van der Waals surface area (Å²) in [7, 11) is 0. The lowest BCUT2D eigenvalue weighted by molar-refractivity contribution is -0.385. The summed E-state index contributed by atoms with van der Waals surface area (Å²) in [5.41, 5.74) is 7.80. The maximum atomic E-state index is 10.8. The van der Waals surface area contributed by atoms with Crippen LogP contribution in [0.4, 0.5) is 17.2 Å². The second-order valence-corrected chi connectivity index (χ2v) is 4.15. The van der Waals surface area contributed by atoms with Crippen molar-refractivity contribution in [1.29, 1.82) is 0 Å². The second-order valence-electron chi connectivity index (χ2n) is 4.15. The predicted molar refractivity (Wildman–Crippen MR) is 73.8 cm³/mol. The third-order valence-electron chi connectivity index (χ3n) is 2.86. The van der Waals surface area contributed by atoms with Crippen LogP contribution in [0.25, 0.3) is 0 Å². The van der Waals surface area contributed by atoms with Gasteiger partial charge in [-0.1, -0.05) is 12.1 Å². The van der Waals surface area contributed by atoms with E-state index in [0.717, 1.165) is 5.56 Å². The molecule has 0 aliphatic carbocycles. The zero-order chi connectivity index (χ0) is 13.8. The average molecular weight is 258 g/mol. The van der Waals surface area contributed by atoms with Crippen LogP contribution in [0.5, 0.6) is 0 Å². The first-order valence-corrected chi connectivity index (χ1v) is 5.76. The van der Waals surface area contributed by atoms with Gasteiger partial charge in [0, 0.05) is 18.2 Å². The lowest BCUT2D eigenvalue weighted by Gasteiger charge is -2.08. The third-order valence-corrected chi connectivity index (χ3v) is 2.86. The number of nitrogens with two attached hydrogens (primary N) is 1. The van der Waals surface area contributed by atoms with Gasteiger partial charge < -0.3 is 11.1 Å². The van der Waals surface area contributed by atoms with Gasteiger partial charge in [-0.2, -0.15) is 0 Å². The highest BCUT2D eigenvalue weighted by Gasteiger charge is 2.12. The van der Waals surface area contributed by atoms with Crippen LogP contribution in [0, 0.1) is 17.0 Å². The number of nitrogens with zero attached hydrogens (tertiary/aromatic N) is 2. The number of benzene rings is 1. The molecule has 0 saturated carbocycles. The molecule has 0 amide bonds. The van der Waals surface area contributed by atoms with Gasteiger partial charge in [-0.25, -0.2) is 4.98 Å². The summed E-state index contributed by atoms with van der Waals surface area (Å²) in [6.07, 6.45) is 1.56. The van der Waals surface area contributed by atoms with Crippen molar-refractivity contribution in [3.05, 3.63) is 57.8 Å². The fourth-order valence-electron chi connectivity index (χ4n) is 1.75. The van der Waals surface area contributed by atoms with Crippen LogP contribution in [0.15, 0.2) is 36.5 Å². The van der Waals surface area contributed by atoms with E-state index in [2.05, 4.69) is 10.3 Å². The van der Waals surface area contributed by atoms with Crippen LogP contribution < -0.4 is 11.1 Å². The summed E-state index contributed by atoms with van der Waals surface area (Å²) in [6.45, 7) is 2.22. The first kappa shape index (κ1) is 12.8. The van der Waals surface area contributed by atoms with Crippen molar-refractivity contribution in [1.82, 2.24) is 4.98 Å². The van der Waals surface area contributed by atoms with E-state index < -0.39 is 0 Å². The maximum Gasteiger partial charge on any atom is 0.272 e. The van der Waals surface area contributed by atoms with Crippen LogP contribution >= 0.6 is 0 Å². The van der Waals surface area contributed by atoms with Crippen LogP contribution in [-0.4, -0.2) is 9.91 Å². The number of hydrogen-bond donors (Lipinski definition) is 2. The van der Waals surface area contributed by atoms with Crippen molar-refractivity contribution in [3.8, 4) is 0 Å². The first-order valence-electron chi connectivity index (χ1n) is 5.76. The molecule has 6 nitrogen and oxygen atoms in total. The Balaban J connectivity index is 2.13. The minimum atomic E-state index is -0.375. The van der Waals surface area contributed by atoms with E-state index in [1.54, 1.807) is 31.3 Å². The minimum Gasteiger partial charge on any atom is -0.397 e. The zero-order valence-electron chi connectivity index (χ0n) is 10.5. The number of rotatable bonds is 4. The van der Waals surface area contributed by atoms with Gasteiger partial charge >= 0.3 is 0 Å². The van der Waals surface area contributed by atoms with Crippen molar-refractivity contribution in [2.75, 3.05) is 11.1 Å². The molecule has 19 heavy (non-hydrogen) atoms. The molecule has 1 aromatic heterocycles. The highest BCUT2D eigenvalue weighted by molar-refractivity contribution is 5.47. The molecule has 0 aliphatic heterocycles. The quantitative estimate of drug-likeness (QED) is 0.649. The number of pyridine rings is 1.